The molecule has 0 saturated carbocycles. The zero-order chi connectivity index (χ0) is 17.7. The molecule has 0 spiro atoms. The van der Waals surface area contributed by atoms with Gasteiger partial charge in [0.05, 0.1) is 11.9 Å². The van der Waals surface area contributed by atoms with Crippen molar-refractivity contribution in [3.8, 4) is 0 Å². The minimum Gasteiger partial charge on any atom is -0.378 e. The van der Waals surface area contributed by atoms with Crippen LogP contribution in [0.1, 0.15) is 41.0 Å². The second kappa shape index (κ2) is 15.2. The molecule has 0 aliphatic heterocycles. The van der Waals surface area contributed by atoms with Crippen LogP contribution in [0.4, 0.5) is 0 Å². The van der Waals surface area contributed by atoms with Crippen molar-refractivity contribution in [1.82, 2.24) is 15.4 Å². The average Bonchev–Trinajstić information content (AvgIpc) is 2.50. The number of nitrogens with zero attached hydrogens (tertiary/aromatic N) is 1. The fraction of sp³-hybridized carbons (Fsp3) is 0.933. The van der Waals surface area contributed by atoms with Gasteiger partial charge in [-0.2, -0.15) is 0 Å². The topological polar surface area (TPSA) is 91.8 Å². The SMILES string of the molecule is CCNC(=NCCC(OCC)C(C)C)NCCNS(=O)(=O)CC.I. The highest BCUT2D eigenvalue weighted by Crippen LogP contribution is 2.10. The van der Waals surface area contributed by atoms with Crippen molar-refractivity contribution < 1.29 is 13.2 Å². The van der Waals surface area contributed by atoms with Crippen LogP contribution in [0.15, 0.2) is 4.99 Å². The standard InChI is InChI=1S/C15H34N4O3S.HI/c1-6-16-15(18-11-12-19-23(20,21)8-3)17-10-9-14(13(4)5)22-7-2;/h13-14,19H,6-12H2,1-5H3,(H2,16,17,18);1H. The Morgan fingerprint density at radius 2 is 1.79 bits per heavy atom. The third-order valence-electron chi connectivity index (χ3n) is 3.27. The predicted molar refractivity (Wildman–Crippen MR) is 112 cm³/mol. The van der Waals surface area contributed by atoms with E-state index in [2.05, 4.69) is 34.2 Å². The molecule has 1 unspecified atom stereocenters. The van der Waals surface area contributed by atoms with Crippen molar-refractivity contribution in [3.05, 3.63) is 0 Å². The highest BCUT2D eigenvalue weighted by atomic mass is 127. The van der Waals surface area contributed by atoms with Gasteiger partial charge >= 0.3 is 0 Å². The van der Waals surface area contributed by atoms with E-state index in [1.165, 1.54) is 0 Å². The first-order valence-electron chi connectivity index (χ1n) is 8.47. The molecule has 0 aliphatic carbocycles. The molecule has 0 saturated heterocycles. The summed E-state index contributed by atoms with van der Waals surface area (Å²) in [5.41, 5.74) is 0. The van der Waals surface area contributed by atoms with Crippen LogP contribution < -0.4 is 15.4 Å². The summed E-state index contributed by atoms with van der Waals surface area (Å²) in [7, 11) is -3.14. The molecule has 24 heavy (non-hydrogen) atoms. The Kier molecular flexibility index (Phi) is 16.5. The summed E-state index contributed by atoms with van der Waals surface area (Å²) in [5.74, 6) is 1.25. The van der Waals surface area contributed by atoms with Crippen molar-refractivity contribution in [1.29, 1.82) is 0 Å². The van der Waals surface area contributed by atoms with Crippen molar-refractivity contribution in [2.24, 2.45) is 10.9 Å². The zero-order valence-corrected chi connectivity index (χ0v) is 18.7. The first kappa shape index (κ1) is 26.1. The molecule has 9 heteroatoms. The highest BCUT2D eigenvalue weighted by Gasteiger charge is 2.12. The number of hydrogen-bond acceptors (Lipinski definition) is 4. The molecule has 7 nitrogen and oxygen atoms in total. The van der Waals surface area contributed by atoms with Gasteiger partial charge in [-0.15, -0.1) is 24.0 Å². The smallest absolute Gasteiger partial charge is 0.211 e. The lowest BCUT2D eigenvalue weighted by Crippen LogP contribution is -2.42. The number of guanidine groups is 1. The Hall–Kier alpha value is -0.130. The average molecular weight is 478 g/mol. The summed E-state index contributed by atoms with van der Waals surface area (Å²) in [6.45, 7) is 12.9. The summed E-state index contributed by atoms with van der Waals surface area (Å²) < 4.78 is 30.9. The van der Waals surface area contributed by atoms with Crippen LogP contribution in [0.3, 0.4) is 0 Å². The van der Waals surface area contributed by atoms with E-state index in [1.807, 2.05) is 13.8 Å². The maximum Gasteiger partial charge on any atom is 0.211 e. The van der Waals surface area contributed by atoms with Crippen LogP contribution in [0.25, 0.3) is 0 Å². The summed E-state index contributed by atoms with van der Waals surface area (Å²) in [6, 6.07) is 0. The molecule has 0 aromatic heterocycles. The monoisotopic (exact) mass is 478 g/mol. The second-order valence-electron chi connectivity index (χ2n) is 5.51. The zero-order valence-electron chi connectivity index (χ0n) is 15.6. The molecule has 0 amide bonds. The van der Waals surface area contributed by atoms with Gasteiger partial charge in [0, 0.05) is 32.8 Å². The summed E-state index contributed by atoms with van der Waals surface area (Å²) in [5, 5.41) is 6.27. The van der Waals surface area contributed by atoms with E-state index >= 15 is 0 Å². The number of halogens is 1. The first-order valence-corrected chi connectivity index (χ1v) is 10.1. The van der Waals surface area contributed by atoms with E-state index in [1.54, 1.807) is 6.92 Å². The lowest BCUT2D eigenvalue weighted by Gasteiger charge is -2.20. The molecule has 146 valence electrons. The van der Waals surface area contributed by atoms with E-state index < -0.39 is 10.0 Å². The number of nitrogens with one attached hydrogen (secondary N) is 3. The van der Waals surface area contributed by atoms with E-state index in [0.29, 0.717) is 38.1 Å². The normalized spacial score (nSPS) is 13.5. The lowest BCUT2D eigenvalue weighted by atomic mass is 10.0. The lowest BCUT2D eigenvalue weighted by molar-refractivity contribution is 0.0266. The molecule has 0 fully saturated rings. The van der Waals surface area contributed by atoms with Crippen molar-refractivity contribution in [2.45, 2.75) is 47.1 Å². The molecule has 0 aliphatic rings. The molecule has 0 bridgehead atoms. The van der Waals surface area contributed by atoms with Gasteiger partial charge in [0.15, 0.2) is 5.96 Å². The van der Waals surface area contributed by atoms with Gasteiger partial charge in [-0.05, 0) is 33.1 Å². The van der Waals surface area contributed by atoms with Gasteiger partial charge in [-0.1, -0.05) is 13.8 Å². The second-order valence-corrected chi connectivity index (χ2v) is 7.61. The predicted octanol–water partition coefficient (Wildman–Crippen LogP) is 1.55. The van der Waals surface area contributed by atoms with Gasteiger partial charge in [0.2, 0.25) is 10.0 Å². The quantitative estimate of drug-likeness (QED) is 0.171. The molecule has 1 atom stereocenters. The van der Waals surface area contributed by atoms with Crippen molar-refractivity contribution in [3.63, 3.8) is 0 Å². The Balaban J connectivity index is 0. The Labute approximate surface area is 164 Å². The molecule has 0 aromatic carbocycles. The van der Waals surface area contributed by atoms with Gasteiger partial charge in [0.25, 0.3) is 0 Å². The largest absolute Gasteiger partial charge is 0.378 e. The summed E-state index contributed by atoms with van der Waals surface area (Å²) >= 11 is 0. The number of sulfonamides is 1. The van der Waals surface area contributed by atoms with Gasteiger partial charge < -0.3 is 15.4 Å². The Bertz CT molecular complexity index is 430. The maximum absolute atomic E-state index is 11.3. The van der Waals surface area contributed by atoms with Crippen LogP contribution >= 0.6 is 24.0 Å². The van der Waals surface area contributed by atoms with E-state index in [0.717, 1.165) is 13.0 Å². The number of rotatable bonds is 12. The summed E-state index contributed by atoms with van der Waals surface area (Å²) in [4.78, 5) is 4.51. The number of hydrogen-bond donors (Lipinski definition) is 3. The maximum atomic E-state index is 11.3. The molecular weight excluding hydrogens is 443 g/mol. The van der Waals surface area contributed by atoms with Gasteiger partial charge in [-0.3, -0.25) is 4.99 Å². The highest BCUT2D eigenvalue weighted by molar-refractivity contribution is 14.0. The van der Waals surface area contributed by atoms with Crippen LogP contribution in [-0.2, 0) is 14.8 Å². The fourth-order valence-electron chi connectivity index (χ4n) is 1.96. The van der Waals surface area contributed by atoms with Crippen molar-refractivity contribution >= 4 is 40.0 Å². The fourth-order valence-corrected chi connectivity index (χ4v) is 2.58. The van der Waals surface area contributed by atoms with E-state index in [-0.39, 0.29) is 35.8 Å². The van der Waals surface area contributed by atoms with Gasteiger partial charge in [0.1, 0.15) is 0 Å². The van der Waals surface area contributed by atoms with E-state index in [9.17, 15) is 8.42 Å². The molecule has 0 rings (SSSR count). The molecule has 0 aromatic rings. The van der Waals surface area contributed by atoms with Crippen LogP contribution in [0, 0.1) is 5.92 Å². The summed E-state index contributed by atoms with van der Waals surface area (Å²) in [6.07, 6.45) is 1.08. The minimum absolute atomic E-state index is 0. The molecule has 0 heterocycles. The molecule has 3 N–H and O–H groups in total. The van der Waals surface area contributed by atoms with Crippen LogP contribution in [0.5, 0.6) is 0 Å². The Morgan fingerprint density at radius 1 is 1.12 bits per heavy atom. The Morgan fingerprint density at radius 3 is 2.29 bits per heavy atom. The number of aliphatic imine (C=N–C) groups is 1. The van der Waals surface area contributed by atoms with Gasteiger partial charge in [-0.25, -0.2) is 13.1 Å². The third kappa shape index (κ3) is 13.2. The van der Waals surface area contributed by atoms with Crippen molar-refractivity contribution in [2.75, 3.05) is 38.5 Å². The van der Waals surface area contributed by atoms with Crippen LogP contribution in [-0.4, -0.2) is 59.0 Å². The van der Waals surface area contributed by atoms with E-state index in [4.69, 9.17) is 4.74 Å². The molecular formula is C15H35IN4O3S. The third-order valence-corrected chi connectivity index (χ3v) is 4.68. The number of ether oxygens (including phenoxy) is 1. The van der Waals surface area contributed by atoms with Crippen LogP contribution in [0.2, 0.25) is 0 Å². The minimum atomic E-state index is -3.14. The molecule has 0 radical (unpaired) electrons. The first-order chi connectivity index (χ1) is 10.9.